The number of benzene rings is 2. The normalized spacial score (nSPS) is 14.2. The van der Waals surface area contributed by atoms with Crippen molar-refractivity contribution in [3.8, 4) is 5.75 Å². The molecule has 0 spiro atoms. The van der Waals surface area contributed by atoms with E-state index in [-0.39, 0.29) is 22.8 Å². The molecule has 0 unspecified atom stereocenters. The second-order valence-electron chi connectivity index (χ2n) is 10.4. The van der Waals surface area contributed by atoms with Gasteiger partial charge in [0.25, 0.3) is 11.8 Å². The van der Waals surface area contributed by atoms with Gasteiger partial charge in [-0.1, -0.05) is 6.92 Å². The molecule has 3 aromatic heterocycles. The number of hydrogen-bond acceptors (Lipinski definition) is 7. The molecule has 13 heteroatoms. The maximum atomic E-state index is 14.1. The average Bonchev–Trinajstić information content (AvgIpc) is 3.68. The molecule has 1 fully saturated rings. The highest BCUT2D eigenvalue weighted by Crippen LogP contribution is 2.39. The van der Waals surface area contributed by atoms with Crippen LogP contribution in [0.1, 0.15) is 32.5 Å². The van der Waals surface area contributed by atoms with Crippen molar-refractivity contribution in [3.63, 3.8) is 0 Å². The molecule has 0 bridgehead atoms. The molecule has 9 nitrogen and oxygen atoms in total. The van der Waals surface area contributed by atoms with Crippen molar-refractivity contribution >= 4 is 61.3 Å². The SMILES string of the molecule is CCN1CCN(c2ccc(NC(=O)c3cc(NC(=O)c4cc5cnc6[nH]ccc6c5s4)cc(OC)c3)cc2C(F)(F)F)CC1. The number of amides is 2. The summed E-state index contributed by atoms with van der Waals surface area (Å²) in [6.45, 7) is 5.19. The van der Waals surface area contributed by atoms with E-state index < -0.39 is 17.6 Å². The van der Waals surface area contributed by atoms with Gasteiger partial charge in [0.2, 0.25) is 0 Å². The number of rotatable bonds is 7. The predicted molar refractivity (Wildman–Crippen MR) is 166 cm³/mol. The lowest BCUT2D eigenvalue weighted by Gasteiger charge is -2.36. The summed E-state index contributed by atoms with van der Waals surface area (Å²) in [6.07, 6.45) is -1.13. The van der Waals surface area contributed by atoms with Crippen molar-refractivity contribution in [3.05, 3.63) is 76.9 Å². The highest BCUT2D eigenvalue weighted by Gasteiger charge is 2.36. The van der Waals surface area contributed by atoms with E-state index >= 15 is 0 Å². The van der Waals surface area contributed by atoms with E-state index in [4.69, 9.17) is 4.74 Å². The molecule has 6 rings (SSSR count). The number of carbonyl (C=O) groups excluding carboxylic acids is 2. The summed E-state index contributed by atoms with van der Waals surface area (Å²) >= 11 is 1.32. The zero-order chi connectivity index (χ0) is 31.0. The monoisotopic (exact) mass is 622 g/mol. The van der Waals surface area contributed by atoms with Crippen molar-refractivity contribution < 1.29 is 27.5 Å². The number of methoxy groups -OCH3 is 1. The van der Waals surface area contributed by atoms with Gasteiger partial charge in [-0.3, -0.25) is 9.59 Å². The first-order chi connectivity index (χ1) is 21.1. The largest absolute Gasteiger partial charge is 0.497 e. The second kappa shape index (κ2) is 11.8. The van der Waals surface area contributed by atoms with Crippen LogP contribution in [0.5, 0.6) is 5.75 Å². The number of aromatic nitrogens is 2. The summed E-state index contributed by atoms with van der Waals surface area (Å²) in [7, 11) is 1.42. The zero-order valence-electron chi connectivity index (χ0n) is 23.9. The topological polar surface area (TPSA) is 103 Å². The van der Waals surface area contributed by atoms with Gasteiger partial charge in [-0.05, 0) is 49.0 Å². The van der Waals surface area contributed by atoms with E-state index in [2.05, 4.69) is 25.5 Å². The molecule has 5 aromatic rings. The van der Waals surface area contributed by atoms with Crippen molar-refractivity contribution in [2.75, 3.05) is 55.4 Å². The van der Waals surface area contributed by atoms with Crippen LogP contribution < -0.4 is 20.3 Å². The van der Waals surface area contributed by atoms with E-state index in [9.17, 15) is 22.8 Å². The van der Waals surface area contributed by atoms with E-state index in [1.165, 1.54) is 42.7 Å². The minimum absolute atomic E-state index is 0.00151. The Morgan fingerprint density at radius 2 is 1.77 bits per heavy atom. The van der Waals surface area contributed by atoms with E-state index in [0.29, 0.717) is 42.5 Å². The molecule has 228 valence electrons. The Balaban J connectivity index is 1.22. The minimum Gasteiger partial charge on any atom is -0.497 e. The molecule has 0 saturated carbocycles. The zero-order valence-corrected chi connectivity index (χ0v) is 24.7. The number of hydrogen-bond donors (Lipinski definition) is 3. The van der Waals surface area contributed by atoms with Crippen LogP contribution in [0.4, 0.5) is 30.2 Å². The van der Waals surface area contributed by atoms with Gasteiger partial charge < -0.3 is 30.2 Å². The summed E-state index contributed by atoms with van der Waals surface area (Å²) in [5, 5.41) is 7.11. The number of halogens is 3. The molecule has 44 heavy (non-hydrogen) atoms. The number of fused-ring (bicyclic) bond motifs is 3. The lowest BCUT2D eigenvalue weighted by molar-refractivity contribution is -0.137. The summed E-state index contributed by atoms with van der Waals surface area (Å²) in [4.78, 5) is 38.2. The predicted octanol–water partition coefficient (Wildman–Crippen LogP) is 6.45. The lowest BCUT2D eigenvalue weighted by atomic mass is 10.1. The summed E-state index contributed by atoms with van der Waals surface area (Å²) < 4.78 is 48.6. The van der Waals surface area contributed by atoms with Gasteiger partial charge in [0.05, 0.1) is 17.6 Å². The van der Waals surface area contributed by atoms with Crippen LogP contribution in [-0.4, -0.2) is 66.5 Å². The Morgan fingerprint density at radius 3 is 2.50 bits per heavy atom. The molecule has 4 heterocycles. The van der Waals surface area contributed by atoms with Gasteiger partial charge in [0.1, 0.15) is 11.4 Å². The van der Waals surface area contributed by atoms with Crippen LogP contribution >= 0.6 is 11.3 Å². The maximum absolute atomic E-state index is 14.1. The smallest absolute Gasteiger partial charge is 0.418 e. The Hall–Kier alpha value is -4.62. The number of nitrogens with zero attached hydrogens (tertiary/aromatic N) is 3. The third-order valence-electron chi connectivity index (χ3n) is 7.67. The van der Waals surface area contributed by atoms with Gasteiger partial charge in [0, 0.05) is 82.7 Å². The van der Waals surface area contributed by atoms with Crippen molar-refractivity contribution in [2.24, 2.45) is 0 Å². The number of pyridine rings is 1. The highest BCUT2D eigenvalue weighted by atomic mass is 32.1. The van der Waals surface area contributed by atoms with Gasteiger partial charge in [0.15, 0.2) is 0 Å². The Morgan fingerprint density at radius 1 is 1.00 bits per heavy atom. The van der Waals surface area contributed by atoms with Gasteiger partial charge in [-0.15, -0.1) is 11.3 Å². The number of aromatic amines is 1. The Labute approximate surface area is 254 Å². The molecule has 3 N–H and O–H groups in total. The second-order valence-corrected chi connectivity index (χ2v) is 11.5. The Bertz CT molecular complexity index is 1860. The van der Waals surface area contributed by atoms with Crippen molar-refractivity contribution in [1.82, 2.24) is 14.9 Å². The first-order valence-corrected chi connectivity index (χ1v) is 14.8. The number of carbonyl (C=O) groups is 2. The molecule has 0 aliphatic carbocycles. The fraction of sp³-hybridized carbons (Fsp3) is 0.258. The lowest BCUT2D eigenvalue weighted by Crippen LogP contribution is -2.46. The van der Waals surface area contributed by atoms with Crippen LogP contribution in [0.3, 0.4) is 0 Å². The minimum atomic E-state index is -4.61. The first kappa shape index (κ1) is 29.5. The van der Waals surface area contributed by atoms with Crippen molar-refractivity contribution in [2.45, 2.75) is 13.1 Å². The first-order valence-electron chi connectivity index (χ1n) is 14.0. The number of likely N-dealkylation sites (N-methyl/N-ethyl adjacent to an activating group) is 1. The fourth-order valence-electron chi connectivity index (χ4n) is 5.35. The molecule has 0 radical (unpaired) electrons. The number of alkyl halides is 3. The summed E-state index contributed by atoms with van der Waals surface area (Å²) in [5.41, 5.74) is 0.395. The number of thiophene rings is 1. The van der Waals surface area contributed by atoms with Gasteiger partial charge in [-0.25, -0.2) is 4.98 Å². The number of anilines is 3. The van der Waals surface area contributed by atoms with Gasteiger partial charge >= 0.3 is 6.18 Å². The summed E-state index contributed by atoms with van der Waals surface area (Å²) in [6, 6.07) is 11.9. The van der Waals surface area contributed by atoms with Crippen LogP contribution in [0.15, 0.2) is 60.9 Å². The fourth-order valence-corrected chi connectivity index (χ4v) is 6.40. The number of nitrogens with one attached hydrogen (secondary N) is 3. The maximum Gasteiger partial charge on any atom is 0.418 e. The molecule has 1 aliphatic heterocycles. The molecule has 1 aliphatic rings. The van der Waals surface area contributed by atoms with E-state index in [1.54, 1.807) is 29.4 Å². The average molecular weight is 623 g/mol. The molecule has 2 aromatic carbocycles. The third-order valence-corrected chi connectivity index (χ3v) is 8.85. The van der Waals surface area contributed by atoms with Gasteiger partial charge in [-0.2, -0.15) is 13.2 Å². The van der Waals surface area contributed by atoms with Crippen molar-refractivity contribution in [1.29, 1.82) is 0 Å². The van der Waals surface area contributed by atoms with E-state index in [0.717, 1.165) is 33.7 Å². The summed E-state index contributed by atoms with van der Waals surface area (Å²) in [5.74, 6) is -0.751. The molecule has 0 atom stereocenters. The van der Waals surface area contributed by atoms with Crippen LogP contribution in [-0.2, 0) is 6.18 Å². The number of H-pyrrole nitrogens is 1. The number of ether oxygens (including phenoxy) is 1. The quantitative estimate of drug-likeness (QED) is 0.193. The number of piperazine rings is 1. The van der Waals surface area contributed by atoms with Crippen LogP contribution in [0.25, 0.3) is 21.1 Å². The third kappa shape index (κ3) is 5.92. The van der Waals surface area contributed by atoms with E-state index in [1.807, 2.05) is 13.0 Å². The molecular weight excluding hydrogens is 593 g/mol. The Kier molecular flexibility index (Phi) is 7.91. The standard InChI is InChI=1S/C31H29F3N6O3S/c1-3-39-8-10-40(11-9-39)25-5-4-20(16-24(25)31(32,33)34)37-29(41)18-12-21(15-22(13-18)43-2)38-30(42)26-14-19-17-36-28-23(6-7-35-28)27(19)44-26/h4-7,12-17H,3,8-11H2,1-2H3,(H,35,36)(H,37,41)(H,38,42). The van der Waals surface area contributed by atoms with Crippen LogP contribution in [0.2, 0.25) is 0 Å². The van der Waals surface area contributed by atoms with Crippen LogP contribution in [0, 0.1) is 0 Å². The molecule has 2 amide bonds. The molecular formula is C31H29F3N6O3S. The molecule has 1 saturated heterocycles. The highest BCUT2D eigenvalue weighted by molar-refractivity contribution is 7.21.